The van der Waals surface area contributed by atoms with Crippen LogP contribution in [0.1, 0.15) is 71.3 Å². The zero-order valence-electron chi connectivity index (χ0n) is 14.1. The third-order valence-corrected chi connectivity index (χ3v) is 3.71. The first-order valence-electron chi connectivity index (χ1n) is 8.14. The Kier molecular flexibility index (Phi) is 7.87. The van der Waals surface area contributed by atoms with Crippen molar-refractivity contribution in [2.75, 3.05) is 6.54 Å². The first-order chi connectivity index (χ1) is 10.1. The molecular weight excluding hydrogens is 264 g/mol. The van der Waals surface area contributed by atoms with Gasteiger partial charge in [0.05, 0.1) is 5.69 Å². The molecule has 0 radical (unpaired) electrons. The molecule has 0 aliphatic rings. The number of hydrogen-bond donors (Lipinski definition) is 2. The van der Waals surface area contributed by atoms with E-state index in [1.165, 1.54) is 0 Å². The van der Waals surface area contributed by atoms with Gasteiger partial charge in [-0.15, -0.1) is 0 Å². The zero-order valence-corrected chi connectivity index (χ0v) is 14.1. The summed E-state index contributed by atoms with van der Waals surface area (Å²) in [4.78, 5) is 4.56. The molecule has 5 heteroatoms. The SMILES string of the molecule is CCNC(=NCc1cc(C(CC)CC)no1)NC(C)CC. The predicted molar refractivity (Wildman–Crippen MR) is 87.5 cm³/mol. The zero-order chi connectivity index (χ0) is 15.7. The molecule has 1 unspecified atom stereocenters. The summed E-state index contributed by atoms with van der Waals surface area (Å²) >= 11 is 0. The fourth-order valence-corrected chi connectivity index (χ4v) is 2.12. The molecule has 0 spiro atoms. The van der Waals surface area contributed by atoms with Crippen molar-refractivity contribution in [3.05, 3.63) is 17.5 Å². The summed E-state index contributed by atoms with van der Waals surface area (Å²) < 4.78 is 5.40. The average Bonchev–Trinajstić information content (AvgIpc) is 2.95. The minimum absolute atomic E-state index is 0.401. The van der Waals surface area contributed by atoms with E-state index in [1.54, 1.807) is 0 Å². The monoisotopic (exact) mass is 294 g/mol. The van der Waals surface area contributed by atoms with Crippen LogP contribution in [0.2, 0.25) is 0 Å². The van der Waals surface area contributed by atoms with Crippen LogP contribution in [0.4, 0.5) is 0 Å². The molecule has 1 rings (SSSR count). The largest absolute Gasteiger partial charge is 0.359 e. The summed E-state index contributed by atoms with van der Waals surface area (Å²) in [7, 11) is 0. The second-order valence-electron chi connectivity index (χ2n) is 5.38. The summed E-state index contributed by atoms with van der Waals surface area (Å²) in [6.45, 7) is 12.1. The van der Waals surface area contributed by atoms with Crippen LogP contribution in [0.5, 0.6) is 0 Å². The first kappa shape index (κ1) is 17.5. The topological polar surface area (TPSA) is 62.5 Å². The maximum atomic E-state index is 5.40. The number of nitrogens with one attached hydrogen (secondary N) is 2. The maximum absolute atomic E-state index is 5.40. The van der Waals surface area contributed by atoms with E-state index in [2.05, 4.69) is 55.4 Å². The van der Waals surface area contributed by atoms with E-state index in [0.29, 0.717) is 18.5 Å². The Labute approximate surface area is 128 Å². The molecular formula is C16H30N4O. The van der Waals surface area contributed by atoms with Crippen molar-refractivity contribution >= 4 is 5.96 Å². The number of guanidine groups is 1. The molecule has 0 bridgehead atoms. The van der Waals surface area contributed by atoms with Crippen LogP contribution in [0.25, 0.3) is 0 Å². The second kappa shape index (κ2) is 9.42. The first-order valence-corrected chi connectivity index (χ1v) is 8.14. The molecule has 5 nitrogen and oxygen atoms in total. The van der Waals surface area contributed by atoms with Crippen LogP contribution in [0, 0.1) is 0 Å². The van der Waals surface area contributed by atoms with Crippen LogP contribution in [0.15, 0.2) is 15.6 Å². The van der Waals surface area contributed by atoms with Crippen molar-refractivity contribution < 1.29 is 4.52 Å². The lowest BCUT2D eigenvalue weighted by molar-refractivity contribution is 0.372. The second-order valence-corrected chi connectivity index (χ2v) is 5.38. The van der Waals surface area contributed by atoms with Gasteiger partial charge in [-0.25, -0.2) is 4.99 Å². The molecule has 0 aliphatic heterocycles. The average molecular weight is 294 g/mol. The lowest BCUT2D eigenvalue weighted by Gasteiger charge is -2.15. The predicted octanol–water partition coefficient (Wildman–Crippen LogP) is 3.43. The molecule has 1 heterocycles. The van der Waals surface area contributed by atoms with Crippen molar-refractivity contribution in [2.45, 2.75) is 72.4 Å². The van der Waals surface area contributed by atoms with E-state index in [-0.39, 0.29) is 0 Å². The van der Waals surface area contributed by atoms with Crippen molar-refractivity contribution in [3.63, 3.8) is 0 Å². The van der Waals surface area contributed by atoms with Crippen molar-refractivity contribution in [1.82, 2.24) is 15.8 Å². The van der Waals surface area contributed by atoms with Gasteiger partial charge < -0.3 is 15.2 Å². The normalized spacial score (nSPS) is 13.5. The van der Waals surface area contributed by atoms with E-state index in [9.17, 15) is 0 Å². The van der Waals surface area contributed by atoms with E-state index in [0.717, 1.165) is 43.2 Å². The minimum atomic E-state index is 0.401. The van der Waals surface area contributed by atoms with Crippen molar-refractivity contribution in [2.24, 2.45) is 4.99 Å². The van der Waals surface area contributed by atoms with Gasteiger partial charge in [0, 0.05) is 24.6 Å². The Morgan fingerprint density at radius 2 is 1.95 bits per heavy atom. The molecule has 0 aromatic carbocycles. The third kappa shape index (κ3) is 5.78. The van der Waals surface area contributed by atoms with Gasteiger partial charge in [0.2, 0.25) is 0 Å². The fourth-order valence-electron chi connectivity index (χ4n) is 2.12. The van der Waals surface area contributed by atoms with Crippen LogP contribution >= 0.6 is 0 Å². The van der Waals surface area contributed by atoms with Crippen molar-refractivity contribution in [3.8, 4) is 0 Å². The lowest BCUT2D eigenvalue weighted by atomic mass is 9.99. The van der Waals surface area contributed by atoms with E-state index >= 15 is 0 Å². The molecule has 120 valence electrons. The number of nitrogens with zero attached hydrogens (tertiary/aromatic N) is 2. The van der Waals surface area contributed by atoms with Gasteiger partial charge in [0.1, 0.15) is 6.54 Å². The Balaban J connectivity index is 2.67. The molecule has 2 N–H and O–H groups in total. The molecule has 1 aromatic rings. The van der Waals surface area contributed by atoms with Gasteiger partial charge >= 0.3 is 0 Å². The highest BCUT2D eigenvalue weighted by Gasteiger charge is 2.12. The van der Waals surface area contributed by atoms with Gasteiger partial charge in [0.15, 0.2) is 11.7 Å². The Morgan fingerprint density at radius 3 is 2.52 bits per heavy atom. The lowest BCUT2D eigenvalue weighted by Crippen LogP contribution is -2.41. The summed E-state index contributed by atoms with van der Waals surface area (Å²) in [6.07, 6.45) is 3.24. The Bertz CT molecular complexity index is 424. The third-order valence-electron chi connectivity index (χ3n) is 3.71. The number of hydrogen-bond acceptors (Lipinski definition) is 3. The quantitative estimate of drug-likeness (QED) is 0.569. The Hall–Kier alpha value is -1.52. The standard InChI is InChI=1S/C16H30N4O/c1-6-12(5)19-16(17-9-4)18-11-14-10-15(20-21-14)13(7-2)8-3/h10,12-13H,6-9,11H2,1-5H3,(H2,17,18,19). The smallest absolute Gasteiger partial charge is 0.191 e. The summed E-state index contributed by atoms with van der Waals surface area (Å²) in [5.74, 6) is 2.13. The van der Waals surface area contributed by atoms with E-state index in [4.69, 9.17) is 4.52 Å². The number of rotatable bonds is 8. The van der Waals surface area contributed by atoms with E-state index in [1.807, 2.05) is 6.07 Å². The van der Waals surface area contributed by atoms with Gasteiger partial charge in [0.25, 0.3) is 0 Å². The molecule has 1 atom stereocenters. The maximum Gasteiger partial charge on any atom is 0.191 e. The van der Waals surface area contributed by atoms with Crippen molar-refractivity contribution in [1.29, 1.82) is 0 Å². The van der Waals surface area contributed by atoms with Crippen LogP contribution < -0.4 is 10.6 Å². The highest BCUT2D eigenvalue weighted by Crippen LogP contribution is 2.22. The summed E-state index contributed by atoms with van der Waals surface area (Å²) in [6, 6.07) is 2.44. The molecule has 0 saturated heterocycles. The molecule has 0 aliphatic carbocycles. The molecule has 1 aromatic heterocycles. The van der Waals surface area contributed by atoms with Crippen LogP contribution in [-0.4, -0.2) is 23.7 Å². The number of aromatic nitrogens is 1. The van der Waals surface area contributed by atoms with E-state index < -0.39 is 0 Å². The molecule has 21 heavy (non-hydrogen) atoms. The molecule has 0 fully saturated rings. The minimum Gasteiger partial charge on any atom is -0.359 e. The van der Waals surface area contributed by atoms with Gasteiger partial charge in [-0.3, -0.25) is 0 Å². The van der Waals surface area contributed by atoms with Gasteiger partial charge in [-0.05, 0) is 33.1 Å². The number of aliphatic imine (C=N–C) groups is 1. The van der Waals surface area contributed by atoms with Crippen LogP contribution in [-0.2, 0) is 6.54 Å². The summed E-state index contributed by atoms with van der Waals surface area (Å²) in [5.41, 5.74) is 1.05. The molecule has 0 saturated carbocycles. The van der Waals surface area contributed by atoms with Gasteiger partial charge in [-0.2, -0.15) is 0 Å². The van der Waals surface area contributed by atoms with Crippen LogP contribution in [0.3, 0.4) is 0 Å². The summed E-state index contributed by atoms with van der Waals surface area (Å²) in [5, 5.41) is 10.8. The van der Waals surface area contributed by atoms with Gasteiger partial charge in [-0.1, -0.05) is 25.9 Å². The Morgan fingerprint density at radius 1 is 1.24 bits per heavy atom. The molecule has 0 amide bonds. The fraction of sp³-hybridized carbons (Fsp3) is 0.750. The highest BCUT2D eigenvalue weighted by molar-refractivity contribution is 5.79. The highest BCUT2D eigenvalue weighted by atomic mass is 16.5.